The van der Waals surface area contributed by atoms with Gasteiger partial charge in [0.25, 0.3) is 0 Å². The predicted octanol–water partition coefficient (Wildman–Crippen LogP) is 3.91. The summed E-state index contributed by atoms with van der Waals surface area (Å²) in [6, 6.07) is 0. The highest BCUT2D eigenvalue weighted by atomic mass is 16.5. The molecule has 2 bridgehead atoms. The zero-order valence-electron chi connectivity index (χ0n) is 16.3. The van der Waals surface area contributed by atoms with E-state index in [1.54, 1.807) is 0 Å². The van der Waals surface area contributed by atoms with Crippen molar-refractivity contribution >= 4 is 11.8 Å². The Hall–Kier alpha value is -0.900. The number of ether oxygens (including phenoxy) is 2. The molecule has 2 aliphatic carbocycles. The van der Waals surface area contributed by atoms with E-state index in [0.29, 0.717) is 18.1 Å². The summed E-state index contributed by atoms with van der Waals surface area (Å²) < 4.78 is 12.1. The summed E-state index contributed by atoms with van der Waals surface area (Å²) in [4.78, 5) is 25.9. The molecule has 140 valence electrons. The summed E-state index contributed by atoms with van der Waals surface area (Å²) in [6.07, 6.45) is 6.17. The molecule has 4 nitrogen and oxygen atoms in total. The first kappa shape index (κ1) is 17.5. The zero-order chi connectivity index (χ0) is 18.3. The Kier molecular flexibility index (Phi) is 3.56. The Morgan fingerprint density at radius 3 is 2.56 bits per heavy atom. The third kappa shape index (κ3) is 1.87. The van der Waals surface area contributed by atoms with Crippen LogP contribution in [0.4, 0.5) is 0 Å². The van der Waals surface area contributed by atoms with Gasteiger partial charge in [0.05, 0.1) is 23.7 Å². The molecule has 25 heavy (non-hydrogen) atoms. The highest BCUT2D eigenvalue weighted by Gasteiger charge is 2.76. The number of esters is 1. The van der Waals surface area contributed by atoms with Crippen LogP contribution >= 0.6 is 0 Å². The molecule has 4 heteroatoms. The lowest BCUT2D eigenvalue weighted by Gasteiger charge is -2.55. The van der Waals surface area contributed by atoms with Crippen molar-refractivity contribution in [2.75, 3.05) is 7.11 Å². The monoisotopic (exact) mass is 348 g/mol. The first-order valence-electron chi connectivity index (χ1n) is 9.96. The number of rotatable bonds is 2. The lowest BCUT2D eigenvalue weighted by Crippen LogP contribution is -2.59. The lowest BCUT2D eigenvalue weighted by molar-refractivity contribution is -0.223. The van der Waals surface area contributed by atoms with Gasteiger partial charge in [0.1, 0.15) is 5.78 Å². The van der Waals surface area contributed by atoms with Gasteiger partial charge in [-0.15, -0.1) is 0 Å². The molecule has 2 heterocycles. The van der Waals surface area contributed by atoms with Gasteiger partial charge >= 0.3 is 5.97 Å². The number of Topliss-reactive ketones (excluding diaryl/α,β-unsaturated/α-hetero) is 1. The molecule has 0 aromatic carbocycles. The molecule has 0 radical (unpaired) electrons. The van der Waals surface area contributed by atoms with Crippen molar-refractivity contribution in [3.05, 3.63) is 0 Å². The van der Waals surface area contributed by atoms with Crippen LogP contribution in [0.1, 0.15) is 72.6 Å². The van der Waals surface area contributed by atoms with Gasteiger partial charge in [-0.2, -0.15) is 0 Å². The number of fused-ring (bicyclic) bond motifs is 2. The number of carbonyl (C=O) groups excluding carboxylic acids is 2. The summed E-state index contributed by atoms with van der Waals surface area (Å²) in [5.74, 6) is 0.726. The van der Waals surface area contributed by atoms with Gasteiger partial charge in [-0.3, -0.25) is 9.59 Å². The van der Waals surface area contributed by atoms with Crippen LogP contribution < -0.4 is 0 Å². The summed E-state index contributed by atoms with van der Waals surface area (Å²) in [5, 5.41) is 0. The molecule has 0 aromatic rings. The van der Waals surface area contributed by atoms with E-state index in [2.05, 4.69) is 27.7 Å². The van der Waals surface area contributed by atoms with Crippen LogP contribution in [0.3, 0.4) is 0 Å². The van der Waals surface area contributed by atoms with Crippen LogP contribution in [0.15, 0.2) is 0 Å². The van der Waals surface area contributed by atoms with E-state index in [0.717, 1.165) is 38.5 Å². The first-order valence-corrected chi connectivity index (χ1v) is 9.96. The maximum absolute atomic E-state index is 13.2. The van der Waals surface area contributed by atoms with Gasteiger partial charge in [-0.05, 0) is 50.9 Å². The van der Waals surface area contributed by atoms with Crippen molar-refractivity contribution in [2.45, 2.75) is 83.8 Å². The van der Waals surface area contributed by atoms with Gasteiger partial charge in [0.2, 0.25) is 0 Å². The Labute approximate surface area is 151 Å². The molecule has 0 unspecified atom stereocenters. The van der Waals surface area contributed by atoms with Crippen LogP contribution in [0.5, 0.6) is 0 Å². The fraction of sp³-hybridized carbons (Fsp3) is 0.905. The Balaban J connectivity index is 1.81. The van der Waals surface area contributed by atoms with Crippen molar-refractivity contribution in [3.63, 3.8) is 0 Å². The lowest BCUT2D eigenvalue weighted by atomic mass is 9.53. The molecule has 0 N–H and O–H groups in total. The van der Waals surface area contributed by atoms with Crippen molar-refractivity contribution in [1.29, 1.82) is 0 Å². The quantitative estimate of drug-likeness (QED) is 0.710. The van der Waals surface area contributed by atoms with E-state index >= 15 is 0 Å². The van der Waals surface area contributed by atoms with E-state index in [9.17, 15) is 9.59 Å². The largest absolute Gasteiger partial charge is 0.469 e. The third-order valence-electron chi connectivity index (χ3n) is 8.80. The minimum Gasteiger partial charge on any atom is -0.469 e. The summed E-state index contributed by atoms with van der Waals surface area (Å²) in [6.45, 7) is 8.72. The molecular formula is C21H32O4. The third-order valence-corrected chi connectivity index (χ3v) is 8.80. The highest BCUT2D eigenvalue weighted by molar-refractivity contribution is 5.86. The van der Waals surface area contributed by atoms with E-state index in [-0.39, 0.29) is 34.4 Å². The molecule has 0 aromatic heterocycles. The van der Waals surface area contributed by atoms with E-state index in [4.69, 9.17) is 9.47 Å². The normalized spacial score (nSPS) is 51.4. The number of hydrogen-bond donors (Lipinski definition) is 0. The maximum atomic E-state index is 13.2. The van der Waals surface area contributed by atoms with Gasteiger partial charge in [0.15, 0.2) is 0 Å². The molecular weight excluding hydrogens is 316 g/mol. The second-order valence-electron chi connectivity index (χ2n) is 9.88. The maximum Gasteiger partial charge on any atom is 0.311 e. The number of ketones is 1. The average Bonchev–Trinajstić information content (AvgIpc) is 3.03. The van der Waals surface area contributed by atoms with E-state index in [1.165, 1.54) is 7.11 Å². The molecule has 1 spiro atoms. The minimum absolute atomic E-state index is 0.0426. The minimum atomic E-state index is -0.499. The SMILES string of the molecule is COC(=O)[C@]1(C)CCC[C@@]2(C)[C@H]1C[C@H]1C(=O)C[C@]3(C(C)C)CC[C@@]12O3. The summed E-state index contributed by atoms with van der Waals surface area (Å²) >= 11 is 0. The van der Waals surface area contributed by atoms with Crippen molar-refractivity contribution < 1.29 is 19.1 Å². The topological polar surface area (TPSA) is 52.6 Å². The number of hydrogen-bond acceptors (Lipinski definition) is 4. The number of carbonyl (C=O) groups is 2. The Morgan fingerprint density at radius 2 is 1.92 bits per heavy atom. The zero-order valence-corrected chi connectivity index (χ0v) is 16.3. The van der Waals surface area contributed by atoms with Gasteiger partial charge in [0, 0.05) is 17.8 Å². The van der Waals surface area contributed by atoms with Crippen LogP contribution in [-0.2, 0) is 19.1 Å². The average molecular weight is 348 g/mol. The first-order chi connectivity index (χ1) is 11.7. The van der Waals surface area contributed by atoms with Crippen molar-refractivity contribution in [1.82, 2.24) is 0 Å². The van der Waals surface area contributed by atoms with Gasteiger partial charge in [-0.25, -0.2) is 0 Å². The van der Waals surface area contributed by atoms with Crippen LogP contribution in [0.2, 0.25) is 0 Å². The van der Waals surface area contributed by atoms with Crippen molar-refractivity contribution in [3.8, 4) is 0 Å². The van der Waals surface area contributed by atoms with E-state index in [1.807, 2.05) is 0 Å². The second-order valence-corrected chi connectivity index (χ2v) is 9.88. The predicted molar refractivity (Wildman–Crippen MR) is 93.9 cm³/mol. The molecule has 6 atom stereocenters. The molecule has 2 saturated heterocycles. The van der Waals surface area contributed by atoms with Gasteiger partial charge in [-0.1, -0.05) is 27.2 Å². The smallest absolute Gasteiger partial charge is 0.311 e. The van der Waals surface area contributed by atoms with Crippen LogP contribution in [0, 0.1) is 28.6 Å². The fourth-order valence-electron chi connectivity index (χ4n) is 7.26. The molecule has 4 fully saturated rings. The van der Waals surface area contributed by atoms with E-state index < -0.39 is 5.41 Å². The van der Waals surface area contributed by atoms with Crippen molar-refractivity contribution in [2.24, 2.45) is 28.6 Å². The Bertz CT molecular complexity index is 627. The molecule has 2 saturated carbocycles. The Morgan fingerprint density at radius 1 is 1.20 bits per heavy atom. The highest BCUT2D eigenvalue weighted by Crippen LogP contribution is 2.73. The summed E-state index contributed by atoms with van der Waals surface area (Å²) in [5.41, 5.74) is -1.27. The molecule has 4 rings (SSSR count). The van der Waals surface area contributed by atoms with Gasteiger partial charge < -0.3 is 9.47 Å². The standard InChI is InChI=1S/C21H32O4/c1-13(2)20-9-10-21(25-20)14(15(22)12-20)11-16-18(3,17(23)24-5)7-6-8-19(16,21)4/h13-14,16H,6-12H2,1-5H3/t14-,16-,18+,19-,20-,21+/m0/s1. The van der Waals surface area contributed by atoms with Crippen LogP contribution in [0.25, 0.3) is 0 Å². The fourth-order valence-corrected chi connectivity index (χ4v) is 7.26. The number of methoxy groups -OCH3 is 1. The molecule has 2 aliphatic heterocycles. The molecule has 0 amide bonds. The second kappa shape index (κ2) is 5.09. The molecule has 4 aliphatic rings. The van der Waals surface area contributed by atoms with Crippen LogP contribution in [-0.4, -0.2) is 30.1 Å². The summed E-state index contributed by atoms with van der Waals surface area (Å²) in [7, 11) is 1.49.